The molecule has 0 spiro atoms. The van der Waals surface area contributed by atoms with Crippen LogP contribution in [0.5, 0.6) is 0 Å². The third-order valence-electron chi connectivity index (χ3n) is 6.82. The first kappa shape index (κ1) is 22.4. The third-order valence-corrected chi connectivity index (χ3v) is 7.41. The summed E-state index contributed by atoms with van der Waals surface area (Å²) >= 11 is 12.2. The normalized spacial score (nSPS) is 22.7. The Bertz CT molecular complexity index is 1170. The molecule has 2 saturated heterocycles. The van der Waals surface area contributed by atoms with Crippen molar-refractivity contribution in [1.82, 2.24) is 19.8 Å². The summed E-state index contributed by atoms with van der Waals surface area (Å²) in [6, 6.07) is 14.4. The lowest BCUT2D eigenvalue weighted by Gasteiger charge is -2.30. The van der Waals surface area contributed by atoms with Crippen LogP contribution in [0.15, 0.2) is 48.7 Å². The molecule has 2 aromatic heterocycles. The van der Waals surface area contributed by atoms with Crippen molar-refractivity contribution in [2.45, 2.75) is 51.8 Å². The van der Waals surface area contributed by atoms with Gasteiger partial charge >= 0.3 is 0 Å². The summed E-state index contributed by atoms with van der Waals surface area (Å²) in [6.07, 6.45) is 4.22. The maximum atomic E-state index is 6.38. The van der Waals surface area contributed by atoms with Crippen molar-refractivity contribution in [2.24, 2.45) is 0 Å². The highest BCUT2D eigenvalue weighted by molar-refractivity contribution is 7.80. The second-order valence-corrected chi connectivity index (χ2v) is 9.83. The molecule has 5 nitrogen and oxygen atoms in total. The van der Waals surface area contributed by atoms with Gasteiger partial charge in [-0.25, -0.2) is 0 Å². The molecule has 1 aromatic carbocycles. The maximum Gasteiger partial charge on any atom is 0.170 e. The molecule has 2 aliphatic rings. The molecule has 0 unspecified atom stereocenters. The van der Waals surface area contributed by atoms with Gasteiger partial charge in [0.2, 0.25) is 0 Å². The van der Waals surface area contributed by atoms with E-state index in [9.17, 15) is 0 Å². The van der Waals surface area contributed by atoms with Crippen molar-refractivity contribution in [1.29, 1.82) is 0 Å². The second-order valence-electron chi connectivity index (χ2n) is 9.01. The van der Waals surface area contributed by atoms with Crippen LogP contribution in [0.3, 0.4) is 0 Å². The molecular weight excluding hydrogens is 452 g/mol. The standard InChI is InChI=1S/C26H29ClN4OS/c1-16-9-10-19(27)14-23(16)31-17(2)13-21(18(31)3)25-24(22-8-4-5-11-28-22)29-26(33)30(25)15-20-7-6-12-32-20/h4-5,8-11,13-14,20,24-25H,6-7,12,15H2,1-3H3,(H,29,33)/t20-,24-,25+/m0/s1. The molecule has 0 amide bonds. The lowest BCUT2D eigenvalue weighted by molar-refractivity contribution is 0.0842. The van der Waals surface area contributed by atoms with Crippen LogP contribution < -0.4 is 5.32 Å². The number of benzene rings is 1. The fourth-order valence-electron chi connectivity index (χ4n) is 5.23. The molecule has 3 aromatic rings. The van der Waals surface area contributed by atoms with Gasteiger partial charge < -0.3 is 19.5 Å². The van der Waals surface area contributed by atoms with Crippen LogP contribution in [0.4, 0.5) is 0 Å². The smallest absolute Gasteiger partial charge is 0.170 e. The molecule has 1 N–H and O–H groups in total. The molecule has 7 heteroatoms. The summed E-state index contributed by atoms with van der Waals surface area (Å²) < 4.78 is 8.28. The summed E-state index contributed by atoms with van der Waals surface area (Å²) in [5.41, 5.74) is 6.88. The number of aryl methyl sites for hydroxylation is 2. The van der Waals surface area contributed by atoms with E-state index in [1.54, 1.807) is 0 Å². The highest BCUT2D eigenvalue weighted by Gasteiger charge is 2.42. The van der Waals surface area contributed by atoms with Crippen molar-refractivity contribution in [3.63, 3.8) is 0 Å². The lowest BCUT2D eigenvalue weighted by Crippen LogP contribution is -2.36. The number of nitrogens with one attached hydrogen (secondary N) is 1. The van der Waals surface area contributed by atoms with Gasteiger partial charge in [-0.1, -0.05) is 23.7 Å². The number of pyridine rings is 1. The molecule has 3 atom stereocenters. The largest absolute Gasteiger partial charge is 0.376 e. The van der Waals surface area contributed by atoms with Crippen LogP contribution in [0, 0.1) is 20.8 Å². The number of ether oxygens (including phenoxy) is 1. The highest BCUT2D eigenvalue weighted by atomic mass is 35.5. The molecule has 0 saturated carbocycles. The highest BCUT2D eigenvalue weighted by Crippen LogP contribution is 2.42. The minimum Gasteiger partial charge on any atom is -0.376 e. The predicted molar refractivity (Wildman–Crippen MR) is 136 cm³/mol. The average Bonchev–Trinajstić information content (AvgIpc) is 3.50. The third kappa shape index (κ3) is 4.16. The van der Waals surface area contributed by atoms with Crippen molar-refractivity contribution in [3.8, 4) is 5.69 Å². The van der Waals surface area contributed by atoms with E-state index in [4.69, 9.17) is 28.6 Å². The number of rotatable bonds is 5. The van der Waals surface area contributed by atoms with Crippen molar-refractivity contribution >= 4 is 28.9 Å². The van der Waals surface area contributed by atoms with Gasteiger partial charge in [-0.3, -0.25) is 4.98 Å². The second kappa shape index (κ2) is 9.09. The van der Waals surface area contributed by atoms with Gasteiger partial charge in [0.25, 0.3) is 0 Å². The van der Waals surface area contributed by atoms with E-state index in [-0.39, 0.29) is 18.2 Å². The Morgan fingerprint density at radius 3 is 2.76 bits per heavy atom. The van der Waals surface area contributed by atoms with E-state index >= 15 is 0 Å². The van der Waals surface area contributed by atoms with Gasteiger partial charge in [0.15, 0.2) is 5.11 Å². The molecular formula is C26H29ClN4OS. The first-order valence-electron chi connectivity index (χ1n) is 11.5. The summed E-state index contributed by atoms with van der Waals surface area (Å²) in [5.74, 6) is 0. The van der Waals surface area contributed by atoms with Crippen molar-refractivity contribution in [3.05, 3.63) is 81.9 Å². The zero-order valence-corrected chi connectivity index (χ0v) is 20.8. The Balaban J connectivity index is 1.61. The number of aromatic nitrogens is 2. The Morgan fingerprint density at radius 1 is 1.18 bits per heavy atom. The van der Waals surface area contributed by atoms with E-state index in [0.29, 0.717) is 0 Å². The van der Waals surface area contributed by atoms with Gasteiger partial charge in [-0.05, 0) is 87.3 Å². The summed E-state index contributed by atoms with van der Waals surface area (Å²) in [7, 11) is 0. The Morgan fingerprint density at radius 2 is 2.03 bits per heavy atom. The van der Waals surface area contributed by atoms with E-state index in [2.05, 4.69) is 58.7 Å². The molecule has 0 bridgehead atoms. The number of hydrogen-bond donors (Lipinski definition) is 1. The molecule has 2 aliphatic heterocycles. The first-order chi connectivity index (χ1) is 15.9. The van der Waals surface area contributed by atoms with E-state index in [1.807, 2.05) is 30.5 Å². The summed E-state index contributed by atoms with van der Waals surface area (Å²) in [5, 5.41) is 5.06. The maximum absolute atomic E-state index is 6.38. The molecule has 5 rings (SSSR count). The Hall–Kier alpha value is -2.41. The molecule has 0 radical (unpaired) electrons. The van der Waals surface area contributed by atoms with Crippen LogP contribution in [-0.2, 0) is 4.74 Å². The quantitative estimate of drug-likeness (QED) is 0.481. The van der Waals surface area contributed by atoms with Gasteiger partial charge in [-0.15, -0.1) is 0 Å². The molecule has 172 valence electrons. The average molecular weight is 481 g/mol. The number of thiocarbonyl (C=S) groups is 1. The summed E-state index contributed by atoms with van der Waals surface area (Å²) in [6.45, 7) is 8.06. The minimum atomic E-state index is -0.0329. The van der Waals surface area contributed by atoms with Gasteiger partial charge in [0, 0.05) is 41.4 Å². The lowest BCUT2D eigenvalue weighted by atomic mass is 9.96. The van der Waals surface area contributed by atoms with Crippen LogP contribution in [0.25, 0.3) is 5.69 Å². The molecule has 4 heterocycles. The van der Waals surface area contributed by atoms with Crippen LogP contribution in [-0.4, -0.2) is 38.8 Å². The number of halogens is 1. The molecule has 0 aliphatic carbocycles. The van der Waals surface area contributed by atoms with E-state index in [0.717, 1.165) is 47.5 Å². The van der Waals surface area contributed by atoms with Gasteiger partial charge in [-0.2, -0.15) is 0 Å². The van der Waals surface area contributed by atoms with Crippen LogP contribution in [0.1, 0.15) is 53.1 Å². The fourth-order valence-corrected chi connectivity index (χ4v) is 5.71. The van der Waals surface area contributed by atoms with Crippen molar-refractivity contribution in [2.75, 3.05) is 13.2 Å². The molecule has 33 heavy (non-hydrogen) atoms. The first-order valence-corrected chi connectivity index (χ1v) is 12.3. The Kier molecular flexibility index (Phi) is 6.16. The number of nitrogens with zero attached hydrogens (tertiary/aromatic N) is 3. The predicted octanol–water partition coefficient (Wildman–Crippen LogP) is 5.60. The van der Waals surface area contributed by atoms with E-state index in [1.165, 1.54) is 22.5 Å². The monoisotopic (exact) mass is 480 g/mol. The Labute approximate surface area is 205 Å². The van der Waals surface area contributed by atoms with Gasteiger partial charge in [0.1, 0.15) is 0 Å². The van der Waals surface area contributed by atoms with Crippen LogP contribution in [0.2, 0.25) is 5.02 Å². The zero-order chi connectivity index (χ0) is 23.1. The van der Waals surface area contributed by atoms with E-state index < -0.39 is 0 Å². The summed E-state index contributed by atoms with van der Waals surface area (Å²) in [4.78, 5) is 6.98. The SMILES string of the molecule is Cc1ccc(Cl)cc1-n1c(C)cc([C@@H]2[C@H](c3ccccn3)NC(=S)N2C[C@@H]2CCCO2)c1C. The minimum absolute atomic E-state index is 0.0241. The topological polar surface area (TPSA) is 42.3 Å². The fraction of sp³-hybridized carbons (Fsp3) is 0.385. The zero-order valence-electron chi connectivity index (χ0n) is 19.2. The van der Waals surface area contributed by atoms with Crippen LogP contribution >= 0.6 is 23.8 Å². The number of hydrogen-bond acceptors (Lipinski definition) is 3. The van der Waals surface area contributed by atoms with Crippen molar-refractivity contribution < 1.29 is 4.74 Å². The molecule has 2 fully saturated rings. The van der Waals surface area contributed by atoms with Gasteiger partial charge in [0.05, 0.1) is 23.9 Å².